The number of aliphatic hydroxyl groups excluding tert-OH is 1. The lowest BCUT2D eigenvalue weighted by Crippen LogP contribution is -2.29. The molecule has 1 aliphatic heterocycles. The van der Waals surface area contributed by atoms with Gasteiger partial charge in [-0.1, -0.05) is 53.8 Å². The lowest BCUT2D eigenvalue weighted by Gasteiger charge is -2.22. The predicted octanol–water partition coefficient (Wildman–Crippen LogP) is 4.84. The van der Waals surface area contributed by atoms with Crippen LogP contribution in [-0.2, 0) is 9.59 Å². The molecule has 0 spiro atoms. The van der Waals surface area contributed by atoms with Crippen LogP contribution in [0.15, 0.2) is 78.4 Å². The van der Waals surface area contributed by atoms with Gasteiger partial charge < -0.3 is 9.84 Å². The number of aliphatic hydroxyl groups is 1. The van der Waals surface area contributed by atoms with Crippen molar-refractivity contribution in [3.63, 3.8) is 0 Å². The molecule has 4 aromatic rings. The van der Waals surface area contributed by atoms with E-state index in [1.165, 1.54) is 41.5 Å². The van der Waals surface area contributed by atoms with E-state index < -0.39 is 22.7 Å². The summed E-state index contributed by atoms with van der Waals surface area (Å²) in [6.07, 6.45) is 0. The van der Waals surface area contributed by atoms with E-state index in [2.05, 4.69) is 4.98 Å². The monoisotopic (exact) mass is 487 g/mol. The molecular weight excluding hydrogens is 470 g/mol. The molecule has 2 heterocycles. The molecule has 3 aromatic carbocycles. The van der Waals surface area contributed by atoms with Gasteiger partial charge in [0.1, 0.15) is 11.5 Å². The summed E-state index contributed by atoms with van der Waals surface area (Å²) >= 11 is 1.17. The number of ketones is 1. The van der Waals surface area contributed by atoms with Crippen molar-refractivity contribution in [1.29, 1.82) is 0 Å². The molecule has 1 aromatic heterocycles. The number of nitro groups is 1. The summed E-state index contributed by atoms with van der Waals surface area (Å²) < 4.78 is 5.98. The fourth-order valence-corrected chi connectivity index (χ4v) is 5.05. The summed E-state index contributed by atoms with van der Waals surface area (Å²) in [4.78, 5) is 43.1. The van der Waals surface area contributed by atoms with Gasteiger partial charge in [0.15, 0.2) is 5.13 Å². The summed E-state index contributed by atoms with van der Waals surface area (Å²) in [6, 6.07) is 18.1. The molecule has 1 N–H and O–H groups in total. The minimum Gasteiger partial charge on any atom is -0.507 e. The van der Waals surface area contributed by atoms with Gasteiger partial charge in [0.25, 0.3) is 11.5 Å². The average Bonchev–Trinajstić information content (AvgIpc) is 3.41. The molecule has 1 aliphatic rings. The highest BCUT2D eigenvalue weighted by Gasteiger charge is 2.48. The minimum atomic E-state index is -1.11. The van der Waals surface area contributed by atoms with Crippen molar-refractivity contribution in [2.24, 2.45) is 0 Å². The standard InChI is InChI=1S/C25H17N3O6S/c1-34-17-10-11-18-19(13-17)35-25(26-18)27-21(15-8-5-9-16(12-15)28(32)33)20(23(30)24(27)31)22(29)14-6-3-2-4-7-14/h2-13,21,29H,1H3. The zero-order valence-electron chi connectivity index (χ0n) is 18.2. The molecule has 0 bridgehead atoms. The number of carbonyl (C=O) groups is 2. The number of methoxy groups -OCH3 is 1. The number of benzene rings is 3. The summed E-state index contributed by atoms with van der Waals surface area (Å²) in [5, 5.41) is 22.8. The van der Waals surface area contributed by atoms with Gasteiger partial charge in [-0.3, -0.25) is 24.6 Å². The molecule has 0 radical (unpaired) electrons. The second-order valence-electron chi connectivity index (χ2n) is 7.72. The van der Waals surface area contributed by atoms with Crippen LogP contribution in [0.4, 0.5) is 10.8 Å². The Kier molecular flexibility index (Phi) is 5.50. The Morgan fingerprint density at radius 1 is 1.09 bits per heavy atom. The molecule has 0 aliphatic carbocycles. The van der Waals surface area contributed by atoms with E-state index in [-0.39, 0.29) is 22.2 Å². The van der Waals surface area contributed by atoms with Crippen molar-refractivity contribution in [3.05, 3.63) is 99.6 Å². The van der Waals surface area contributed by atoms with E-state index in [1.54, 1.807) is 54.6 Å². The fraction of sp³-hybridized carbons (Fsp3) is 0.0800. The van der Waals surface area contributed by atoms with Gasteiger partial charge in [-0.2, -0.15) is 0 Å². The molecule has 0 saturated carbocycles. The molecular formula is C25H17N3O6S. The topological polar surface area (TPSA) is 123 Å². The van der Waals surface area contributed by atoms with E-state index in [1.807, 2.05) is 0 Å². The van der Waals surface area contributed by atoms with E-state index in [9.17, 15) is 24.8 Å². The zero-order chi connectivity index (χ0) is 24.7. The summed E-state index contributed by atoms with van der Waals surface area (Å²) in [5.74, 6) is -1.55. The summed E-state index contributed by atoms with van der Waals surface area (Å²) in [6.45, 7) is 0. The van der Waals surface area contributed by atoms with Crippen LogP contribution in [0.5, 0.6) is 5.75 Å². The summed E-state index contributed by atoms with van der Waals surface area (Å²) in [5.41, 5.74) is 0.858. The SMILES string of the molecule is COc1ccc2nc(N3C(=O)C(=O)C(=C(O)c4ccccc4)C3c3cccc([N+](=O)[O-])c3)sc2c1. The third-order valence-corrected chi connectivity index (χ3v) is 6.70. The van der Waals surface area contributed by atoms with Crippen LogP contribution in [-0.4, -0.2) is 33.8 Å². The number of non-ortho nitro benzene ring substituents is 1. The van der Waals surface area contributed by atoms with Crippen LogP contribution in [0, 0.1) is 10.1 Å². The van der Waals surface area contributed by atoms with Gasteiger partial charge in [0.2, 0.25) is 0 Å². The highest BCUT2D eigenvalue weighted by Crippen LogP contribution is 2.45. The van der Waals surface area contributed by atoms with Crippen molar-refractivity contribution in [2.75, 3.05) is 12.0 Å². The van der Waals surface area contributed by atoms with Crippen LogP contribution in [0.25, 0.3) is 16.0 Å². The Hall–Kier alpha value is -4.57. The van der Waals surface area contributed by atoms with E-state index in [0.717, 1.165) is 4.70 Å². The number of thiazole rings is 1. The van der Waals surface area contributed by atoms with E-state index in [0.29, 0.717) is 22.4 Å². The van der Waals surface area contributed by atoms with Crippen molar-refractivity contribution in [2.45, 2.75) is 6.04 Å². The first-order chi connectivity index (χ1) is 16.9. The van der Waals surface area contributed by atoms with Gasteiger partial charge in [-0.05, 0) is 23.8 Å². The number of ether oxygens (including phenoxy) is 1. The molecule has 5 rings (SSSR count). The first-order valence-corrected chi connectivity index (χ1v) is 11.3. The number of carbonyl (C=O) groups excluding carboxylic acids is 2. The third-order valence-electron chi connectivity index (χ3n) is 5.68. The van der Waals surface area contributed by atoms with Gasteiger partial charge in [-0.25, -0.2) is 4.98 Å². The van der Waals surface area contributed by atoms with Crippen LogP contribution < -0.4 is 9.64 Å². The molecule has 1 atom stereocenters. The van der Waals surface area contributed by atoms with Gasteiger partial charge >= 0.3 is 5.91 Å². The lowest BCUT2D eigenvalue weighted by atomic mass is 9.95. The number of fused-ring (bicyclic) bond motifs is 1. The Morgan fingerprint density at radius 3 is 2.57 bits per heavy atom. The van der Waals surface area contributed by atoms with E-state index in [4.69, 9.17) is 4.74 Å². The molecule has 1 fully saturated rings. The second-order valence-corrected chi connectivity index (χ2v) is 8.73. The van der Waals surface area contributed by atoms with Crippen LogP contribution in [0.2, 0.25) is 0 Å². The van der Waals surface area contributed by atoms with Gasteiger partial charge in [0.05, 0.1) is 33.9 Å². The highest BCUT2D eigenvalue weighted by molar-refractivity contribution is 7.22. The third kappa shape index (κ3) is 3.79. The average molecular weight is 487 g/mol. The first kappa shape index (κ1) is 22.2. The van der Waals surface area contributed by atoms with Crippen molar-refractivity contribution < 1.29 is 24.4 Å². The molecule has 9 nitrogen and oxygen atoms in total. The Morgan fingerprint density at radius 2 is 1.86 bits per heavy atom. The summed E-state index contributed by atoms with van der Waals surface area (Å²) in [7, 11) is 1.54. The van der Waals surface area contributed by atoms with Crippen molar-refractivity contribution in [3.8, 4) is 5.75 Å². The maximum atomic E-state index is 13.3. The van der Waals surface area contributed by atoms with Gasteiger partial charge in [0, 0.05) is 17.7 Å². The molecule has 1 unspecified atom stereocenters. The fourth-order valence-electron chi connectivity index (χ4n) is 4.03. The normalized spacial score (nSPS) is 17.2. The number of amides is 1. The Labute approximate surface area is 202 Å². The zero-order valence-corrected chi connectivity index (χ0v) is 19.1. The number of rotatable bonds is 5. The molecule has 35 heavy (non-hydrogen) atoms. The van der Waals surface area contributed by atoms with E-state index >= 15 is 0 Å². The van der Waals surface area contributed by atoms with Gasteiger partial charge in [-0.15, -0.1) is 0 Å². The predicted molar refractivity (Wildman–Crippen MR) is 130 cm³/mol. The van der Waals surface area contributed by atoms with Crippen LogP contribution in [0.1, 0.15) is 17.2 Å². The number of Topliss-reactive ketones (excluding diaryl/α,β-unsaturated/α-hetero) is 1. The minimum absolute atomic E-state index is 0.168. The molecule has 174 valence electrons. The Balaban J connectivity index is 1.74. The number of hydrogen-bond donors (Lipinski definition) is 1. The smallest absolute Gasteiger partial charge is 0.301 e. The maximum Gasteiger partial charge on any atom is 0.301 e. The van der Waals surface area contributed by atoms with Crippen LogP contribution in [0.3, 0.4) is 0 Å². The second kappa shape index (κ2) is 8.65. The number of nitro benzene ring substituents is 1. The first-order valence-electron chi connectivity index (χ1n) is 10.4. The maximum absolute atomic E-state index is 13.3. The Bertz CT molecular complexity index is 1530. The van der Waals surface area contributed by atoms with Crippen molar-refractivity contribution in [1.82, 2.24) is 4.98 Å². The number of hydrogen-bond acceptors (Lipinski definition) is 8. The molecule has 1 saturated heterocycles. The highest BCUT2D eigenvalue weighted by atomic mass is 32.1. The largest absolute Gasteiger partial charge is 0.507 e. The lowest BCUT2D eigenvalue weighted by molar-refractivity contribution is -0.384. The number of aromatic nitrogens is 1. The van der Waals surface area contributed by atoms with Crippen molar-refractivity contribution >= 4 is 49.8 Å². The quantitative estimate of drug-likeness (QED) is 0.140. The number of nitrogens with zero attached hydrogens (tertiary/aromatic N) is 3. The molecule has 1 amide bonds. The van der Waals surface area contributed by atoms with Crippen LogP contribution >= 0.6 is 11.3 Å². The number of anilines is 1. The molecule has 10 heteroatoms.